The molecule has 0 bridgehead atoms. The minimum absolute atomic E-state index is 0.188. The van der Waals surface area contributed by atoms with Gasteiger partial charge in [0.25, 0.3) is 0 Å². The van der Waals surface area contributed by atoms with E-state index in [4.69, 9.17) is 5.26 Å². The molecule has 3 aromatic carbocycles. The second kappa shape index (κ2) is 8.28. The highest BCUT2D eigenvalue weighted by Crippen LogP contribution is 2.43. The molecule has 2 amide bonds. The van der Waals surface area contributed by atoms with Crippen molar-refractivity contribution < 1.29 is 18.0 Å². The molecule has 1 saturated heterocycles. The highest BCUT2D eigenvalue weighted by molar-refractivity contribution is 5.95. The number of nitrogens with one attached hydrogen (secondary N) is 1. The summed E-state index contributed by atoms with van der Waals surface area (Å²) in [5.74, 6) is -0.211. The number of hydrogen-bond donors (Lipinski definition) is 1. The van der Waals surface area contributed by atoms with Gasteiger partial charge in [-0.1, -0.05) is 42.5 Å². The number of nitrogens with zero attached hydrogens (tertiary/aromatic N) is 2. The van der Waals surface area contributed by atoms with Gasteiger partial charge in [0.15, 0.2) is 0 Å². The summed E-state index contributed by atoms with van der Waals surface area (Å²) in [7, 11) is 0. The fraction of sp³-hybridized carbons (Fsp3) is 0.231. The summed E-state index contributed by atoms with van der Waals surface area (Å²) in [5.41, 5.74) is 1.94. The van der Waals surface area contributed by atoms with Crippen molar-refractivity contribution in [3.05, 3.63) is 89.5 Å². The molecule has 0 aliphatic carbocycles. The number of benzene rings is 3. The summed E-state index contributed by atoms with van der Waals surface area (Å²) in [6.07, 6.45) is -4.51. The van der Waals surface area contributed by atoms with Crippen LogP contribution in [0.25, 0.3) is 11.1 Å². The topological polar surface area (TPSA) is 56.1 Å². The van der Waals surface area contributed by atoms with Gasteiger partial charge in [0.1, 0.15) is 0 Å². The van der Waals surface area contributed by atoms with Gasteiger partial charge in [0, 0.05) is 18.2 Å². The molecule has 0 aromatic heterocycles. The van der Waals surface area contributed by atoms with Crippen LogP contribution in [0.15, 0.2) is 72.8 Å². The lowest BCUT2D eigenvalue weighted by molar-refractivity contribution is -0.137. The number of hydrogen-bond acceptors (Lipinski definition) is 2. The number of carbonyl (C=O) groups excluding carboxylic acids is 1. The number of nitriles is 1. The summed E-state index contributed by atoms with van der Waals surface area (Å²) in [6, 6.07) is 21.5. The third-order valence-electron chi connectivity index (χ3n) is 6.18. The van der Waals surface area contributed by atoms with Crippen LogP contribution in [0.5, 0.6) is 0 Å². The van der Waals surface area contributed by atoms with E-state index in [1.807, 2.05) is 50.2 Å². The van der Waals surface area contributed by atoms with Crippen molar-refractivity contribution in [2.75, 3.05) is 11.4 Å². The van der Waals surface area contributed by atoms with Crippen molar-refractivity contribution in [2.45, 2.75) is 31.5 Å². The Bertz CT molecular complexity index is 1230. The van der Waals surface area contributed by atoms with Crippen LogP contribution in [0.1, 0.15) is 36.5 Å². The minimum atomic E-state index is -4.51. The Morgan fingerprint density at radius 1 is 1.03 bits per heavy atom. The molecule has 1 heterocycles. The first-order valence-electron chi connectivity index (χ1n) is 10.5. The van der Waals surface area contributed by atoms with Gasteiger partial charge < -0.3 is 5.32 Å². The van der Waals surface area contributed by atoms with E-state index in [0.29, 0.717) is 12.1 Å². The Kier molecular flexibility index (Phi) is 5.62. The number of urea groups is 1. The molecular formula is C26H22F3N3O. The maximum Gasteiger partial charge on any atom is 0.416 e. The second-order valence-electron chi connectivity index (χ2n) is 8.55. The van der Waals surface area contributed by atoms with Crippen LogP contribution in [0.4, 0.5) is 23.7 Å². The van der Waals surface area contributed by atoms with Crippen molar-refractivity contribution in [3.63, 3.8) is 0 Å². The molecular weight excluding hydrogens is 427 g/mol. The summed E-state index contributed by atoms with van der Waals surface area (Å²) in [6.45, 7) is 4.08. The van der Waals surface area contributed by atoms with Crippen LogP contribution < -0.4 is 10.2 Å². The molecule has 1 N–H and O–H groups in total. The van der Waals surface area contributed by atoms with Gasteiger partial charge >= 0.3 is 12.2 Å². The Labute approximate surface area is 190 Å². The first-order valence-corrected chi connectivity index (χ1v) is 10.5. The van der Waals surface area contributed by atoms with Crippen LogP contribution in [0.2, 0.25) is 0 Å². The van der Waals surface area contributed by atoms with Gasteiger partial charge in [-0.05, 0) is 60.9 Å². The number of carbonyl (C=O) groups is 1. The van der Waals surface area contributed by atoms with Crippen molar-refractivity contribution in [1.82, 2.24) is 5.32 Å². The van der Waals surface area contributed by atoms with Gasteiger partial charge in [-0.3, -0.25) is 4.90 Å². The van der Waals surface area contributed by atoms with Crippen molar-refractivity contribution in [1.29, 1.82) is 5.26 Å². The summed E-state index contributed by atoms with van der Waals surface area (Å²) >= 11 is 0. The van der Waals surface area contributed by atoms with E-state index in [1.165, 1.54) is 17.0 Å². The van der Waals surface area contributed by atoms with Crippen molar-refractivity contribution in [2.24, 2.45) is 0 Å². The first-order chi connectivity index (χ1) is 15.6. The average molecular weight is 449 g/mol. The molecule has 168 valence electrons. The lowest BCUT2D eigenvalue weighted by atomic mass is 9.76. The monoisotopic (exact) mass is 449 g/mol. The van der Waals surface area contributed by atoms with Crippen LogP contribution in [-0.4, -0.2) is 18.1 Å². The molecule has 1 unspecified atom stereocenters. The predicted octanol–water partition coefficient (Wildman–Crippen LogP) is 6.34. The molecule has 7 heteroatoms. The molecule has 3 aromatic rings. The normalized spacial score (nSPS) is 17.9. The molecule has 4 rings (SSSR count). The van der Waals surface area contributed by atoms with E-state index in [-0.39, 0.29) is 11.6 Å². The van der Waals surface area contributed by atoms with E-state index in [9.17, 15) is 18.0 Å². The van der Waals surface area contributed by atoms with Crippen molar-refractivity contribution >= 4 is 11.7 Å². The highest BCUT2D eigenvalue weighted by atomic mass is 19.4. The maximum atomic E-state index is 13.3. The van der Waals surface area contributed by atoms with Crippen molar-refractivity contribution in [3.8, 4) is 17.2 Å². The largest absolute Gasteiger partial charge is 0.416 e. The smallest absolute Gasteiger partial charge is 0.337 e. The molecule has 4 nitrogen and oxygen atoms in total. The fourth-order valence-electron chi connectivity index (χ4n) is 4.49. The SMILES string of the molecule is CC1(C)C(c2ccccc2-c2ccc(C#N)cc2)CNC(=O)N1c1cccc(C(F)(F)F)c1. The minimum Gasteiger partial charge on any atom is -0.337 e. The molecule has 1 aliphatic rings. The van der Waals surface area contributed by atoms with E-state index in [1.54, 1.807) is 12.1 Å². The van der Waals surface area contributed by atoms with Crippen LogP contribution >= 0.6 is 0 Å². The number of rotatable bonds is 3. The number of amides is 2. The Morgan fingerprint density at radius 2 is 1.73 bits per heavy atom. The standard InChI is InChI=1S/C26H22F3N3O/c1-25(2)23(22-9-4-3-8-21(22)18-12-10-17(15-30)11-13-18)16-31-24(33)32(25)20-7-5-6-19(14-20)26(27,28)29/h3-14,23H,16H2,1-2H3,(H,31,33). The van der Waals surface area contributed by atoms with Gasteiger partial charge in [0.05, 0.1) is 22.7 Å². The molecule has 0 spiro atoms. The molecule has 0 radical (unpaired) electrons. The zero-order chi connectivity index (χ0) is 23.8. The zero-order valence-electron chi connectivity index (χ0n) is 18.1. The summed E-state index contributed by atoms with van der Waals surface area (Å²) < 4.78 is 40.0. The average Bonchev–Trinajstić information content (AvgIpc) is 2.78. The maximum absolute atomic E-state index is 13.3. The molecule has 1 fully saturated rings. The third-order valence-corrected chi connectivity index (χ3v) is 6.18. The number of alkyl halides is 3. The molecule has 33 heavy (non-hydrogen) atoms. The zero-order valence-corrected chi connectivity index (χ0v) is 18.1. The lowest BCUT2D eigenvalue weighted by Crippen LogP contribution is -2.62. The van der Waals surface area contributed by atoms with Gasteiger partial charge in [-0.2, -0.15) is 18.4 Å². The van der Waals surface area contributed by atoms with Gasteiger partial charge in [-0.15, -0.1) is 0 Å². The Hall–Kier alpha value is -3.79. The molecule has 1 aliphatic heterocycles. The summed E-state index contributed by atoms with van der Waals surface area (Å²) in [4.78, 5) is 14.3. The van der Waals surface area contributed by atoms with E-state index in [2.05, 4.69) is 11.4 Å². The number of anilines is 1. The lowest BCUT2D eigenvalue weighted by Gasteiger charge is -2.48. The fourth-order valence-corrected chi connectivity index (χ4v) is 4.49. The quantitative estimate of drug-likeness (QED) is 0.508. The van der Waals surface area contributed by atoms with E-state index < -0.39 is 23.3 Å². The molecule has 1 atom stereocenters. The third kappa shape index (κ3) is 4.17. The van der Waals surface area contributed by atoms with Crippen LogP contribution in [-0.2, 0) is 6.18 Å². The Balaban J connectivity index is 1.78. The Morgan fingerprint density at radius 3 is 2.39 bits per heavy atom. The van der Waals surface area contributed by atoms with Crippen LogP contribution in [0, 0.1) is 11.3 Å². The van der Waals surface area contributed by atoms with E-state index >= 15 is 0 Å². The van der Waals surface area contributed by atoms with E-state index in [0.717, 1.165) is 28.8 Å². The number of halogens is 3. The first kappa shape index (κ1) is 22.4. The van der Waals surface area contributed by atoms with Gasteiger partial charge in [-0.25, -0.2) is 4.79 Å². The highest BCUT2D eigenvalue weighted by Gasteiger charge is 2.45. The second-order valence-corrected chi connectivity index (χ2v) is 8.55. The predicted molar refractivity (Wildman–Crippen MR) is 121 cm³/mol. The van der Waals surface area contributed by atoms with Gasteiger partial charge in [0.2, 0.25) is 0 Å². The summed E-state index contributed by atoms with van der Waals surface area (Å²) in [5, 5.41) is 11.9. The molecule has 0 saturated carbocycles. The van der Waals surface area contributed by atoms with Crippen LogP contribution in [0.3, 0.4) is 0 Å².